The zero-order chi connectivity index (χ0) is 19.9. The number of amides is 1. The summed E-state index contributed by atoms with van der Waals surface area (Å²) in [6.45, 7) is 5.52. The van der Waals surface area contributed by atoms with Crippen molar-refractivity contribution < 1.29 is 9.72 Å². The third-order valence-corrected chi connectivity index (χ3v) is 5.67. The lowest BCUT2D eigenvalue weighted by atomic mass is 9.96. The van der Waals surface area contributed by atoms with Crippen molar-refractivity contribution in [1.82, 2.24) is 15.2 Å². The summed E-state index contributed by atoms with van der Waals surface area (Å²) in [7, 11) is 0. The molecule has 150 valence electrons. The van der Waals surface area contributed by atoms with Crippen LogP contribution < -0.4 is 10.6 Å². The quantitative estimate of drug-likeness (QED) is 0.399. The summed E-state index contributed by atoms with van der Waals surface area (Å²) in [4.78, 5) is 29.8. The molecule has 0 aliphatic carbocycles. The predicted molar refractivity (Wildman–Crippen MR) is 109 cm³/mol. The van der Waals surface area contributed by atoms with Gasteiger partial charge in [-0.1, -0.05) is 12.1 Å². The summed E-state index contributed by atoms with van der Waals surface area (Å²) in [5, 5.41) is 20.1. The van der Waals surface area contributed by atoms with Gasteiger partial charge in [0.2, 0.25) is 5.91 Å². The number of carbonyl (C=O) groups excluding carboxylic acids is 1. The van der Waals surface area contributed by atoms with Crippen molar-refractivity contribution in [3.05, 3.63) is 50.5 Å². The zero-order valence-corrected chi connectivity index (χ0v) is 16.7. The standard InChI is InChI=1S/C19H25N5O3S/c1-14-22-16(13-28-14)12-23-10-6-15(7-11-23)19(25)21-9-8-20-17-4-2-3-5-18(17)24(26)27/h2-5,13,15,20H,6-12H2,1H3,(H,21,25). The van der Waals surface area contributed by atoms with E-state index >= 15 is 0 Å². The molecule has 0 spiro atoms. The first kappa shape index (κ1) is 20.2. The van der Waals surface area contributed by atoms with Crippen LogP contribution in [0.2, 0.25) is 0 Å². The van der Waals surface area contributed by atoms with Crippen LogP contribution in [0, 0.1) is 23.0 Å². The molecule has 28 heavy (non-hydrogen) atoms. The molecule has 8 nitrogen and oxygen atoms in total. The van der Waals surface area contributed by atoms with Gasteiger partial charge in [-0.3, -0.25) is 19.8 Å². The second-order valence-corrected chi connectivity index (χ2v) is 7.96. The number of carbonyl (C=O) groups is 1. The third kappa shape index (κ3) is 5.49. The first-order valence-electron chi connectivity index (χ1n) is 9.41. The lowest BCUT2D eigenvalue weighted by Crippen LogP contribution is -2.41. The van der Waals surface area contributed by atoms with Crippen LogP contribution in [0.15, 0.2) is 29.6 Å². The number of nitro benzene ring substituents is 1. The van der Waals surface area contributed by atoms with Crippen molar-refractivity contribution in [2.24, 2.45) is 5.92 Å². The van der Waals surface area contributed by atoms with Gasteiger partial charge in [0, 0.05) is 37.0 Å². The highest BCUT2D eigenvalue weighted by molar-refractivity contribution is 7.09. The number of anilines is 1. The van der Waals surface area contributed by atoms with Gasteiger partial charge in [-0.15, -0.1) is 11.3 Å². The van der Waals surface area contributed by atoms with Crippen molar-refractivity contribution >= 4 is 28.6 Å². The van der Waals surface area contributed by atoms with E-state index in [1.165, 1.54) is 6.07 Å². The number of likely N-dealkylation sites (tertiary alicyclic amines) is 1. The minimum Gasteiger partial charge on any atom is -0.378 e. The minimum absolute atomic E-state index is 0.0273. The molecule has 0 saturated carbocycles. The van der Waals surface area contributed by atoms with Gasteiger partial charge >= 0.3 is 0 Å². The average molecular weight is 404 g/mol. The number of thiazole rings is 1. The molecule has 1 aromatic carbocycles. The van der Waals surface area contributed by atoms with Crippen molar-refractivity contribution in [1.29, 1.82) is 0 Å². The summed E-state index contributed by atoms with van der Waals surface area (Å²) in [5.74, 6) is 0.0907. The smallest absolute Gasteiger partial charge is 0.292 e. The van der Waals surface area contributed by atoms with E-state index in [4.69, 9.17) is 0 Å². The highest BCUT2D eigenvalue weighted by Gasteiger charge is 2.25. The maximum absolute atomic E-state index is 12.4. The maximum Gasteiger partial charge on any atom is 0.292 e. The number of para-hydroxylation sites is 2. The molecular formula is C19H25N5O3S. The van der Waals surface area contributed by atoms with Gasteiger partial charge in [0.1, 0.15) is 5.69 Å². The zero-order valence-electron chi connectivity index (χ0n) is 15.9. The van der Waals surface area contributed by atoms with Crippen LogP contribution in [0.3, 0.4) is 0 Å². The molecule has 1 amide bonds. The lowest BCUT2D eigenvalue weighted by molar-refractivity contribution is -0.384. The monoisotopic (exact) mass is 403 g/mol. The largest absolute Gasteiger partial charge is 0.378 e. The number of hydrogen-bond donors (Lipinski definition) is 2. The Bertz CT molecular complexity index is 817. The number of benzene rings is 1. The van der Waals surface area contributed by atoms with Crippen molar-refractivity contribution in [3.8, 4) is 0 Å². The Hall–Kier alpha value is -2.52. The van der Waals surface area contributed by atoms with E-state index in [1.54, 1.807) is 29.5 Å². The van der Waals surface area contributed by atoms with Gasteiger partial charge in [-0.2, -0.15) is 0 Å². The second kappa shape index (κ2) is 9.61. The first-order chi connectivity index (χ1) is 13.5. The number of nitrogens with one attached hydrogen (secondary N) is 2. The van der Waals surface area contributed by atoms with Crippen LogP contribution in [-0.4, -0.2) is 46.9 Å². The molecule has 2 aromatic rings. The Morgan fingerprint density at radius 2 is 2.07 bits per heavy atom. The van der Waals surface area contributed by atoms with Crippen molar-refractivity contribution in [2.75, 3.05) is 31.5 Å². The summed E-state index contributed by atoms with van der Waals surface area (Å²) in [6.07, 6.45) is 1.68. The summed E-state index contributed by atoms with van der Waals surface area (Å²) < 4.78 is 0. The maximum atomic E-state index is 12.4. The molecule has 0 radical (unpaired) electrons. The molecule has 0 unspecified atom stereocenters. The fourth-order valence-electron chi connectivity index (χ4n) is 3.37. The Morgan fingerprint density at radius 3 is 2.75 bits per heavy atom. The Balaban J connectivity index is 1.36. The lowest BCUT2D eigenvalue weighted by Gasteiger charge is -2.30. The fourth-order valence-corrected chi connectivity index (χ4v) is 3.98. The summed E-state index contributed by atoms with van der Waals surface area (Å²) >= 11 is 1.67. The van der Waals surface area contributed by atoms with Crippen LogP contribution in [0.5, 0.6) is 0 Å². The number of nitro groups is 1. The molecule has 2 N–H and O–H groups in total. The highest BCUT2D eigenvalue weighted by atomic mass is 32.1. The van der Waals surface area contributed by atoms with Crippen molar-refractivity contribution in [3.63, 3.8) is 0 Å². The topological polar surface area (TPSA) is 100 Å². The number of aromatic nitrogens is 1. The van der Waals surface area contributed by atoms with Crippen molar-refractivity contribution in [2.45, 2.75) is 26.3 Å². The number of aryl methyl sites for hydroxylation is 1. The first-order valence-corrected chi connectivity index (χ1v) is 10.3. The van der Waals surface area contributed by atoms with Crippen LogP contribution in [-0.2, 0) is 11.3 Å². The van der Waals surface area contributed by atoms with Gasteiger partial charge in [0.15, 0.2) is 0 Å². The molecule has 9 heteroatoms. The van der Waals surface area contributed by atoms with Gasteiger partial charge in [0.05, 0.1) is 15.6 Å². The van der Waals surface area contributed by atoms with Gasteiger partial charge in [0.25, 0.3) is 5.69 Å². The molecular weight excluding hydrogens is 378 g/mol. The minimum atomic E-state index is -0.415. The van der Waals surface area contributed by atoms with E-state index in [2.05, 4.69) is 25.9 Å². The second-order valence-electron chi connectivity index (χ2n) is 6.90. The third-order valence-electron chi connectivity index (χ3n) is 4.85. The van der Waals surface area contributed by atoms with Crippen LogP contribution in [0.1, 0.15) is 23.5 Å². The molecule has 1 fully saturated rings. The van der Waals surface area contributed by atoms with Gasteiger partial charge in [-0.05, 0) is 38.9 Å². The SMILES string of the molecule is Cc1nc(CN2CCC(C(=O)NCCNc3ccccc3[N+](=O)[O-])CC2)cs1. The van der Waals surface area contributed by atoms with E-state index in [9.17, 15) is 14.9 Å². The highest BCUT2D eigenvalue weighted by Crippen LogP contribution is 2.23. The van der Waals surface area contributed by atoms with E-state index in [1.807, 2.05) is 6.92 Å². The molecule has 1 saturated heterocycles. The average Bonchev–Trinajstić information content (AvgIpc) is 3.10. The fraction of sp³-hybridized carbons (Fsp3) is 0.474. The van der Waals surface area contributed by atoms with E-state index in [0.29, 0.717) is 18.8 Å². The molecule has 0 atom stereocenters. The summed E-state index contributed by atoms with van der Waals surface area (Å²) in [5.41, 5.74) is 1.61. The molecule has 1 aromatic heterocycles. The predicted octanol–water partition coefficient (Wildman–Crippen LogP) is 2.80. The van der Waals surface area contributed by atoms with E-state index in [0.717, 1.165) is 43.2 Å². The Labute approximate surface area is 168 Å². The van der Waals surface area contributed by atoms with Gasteiger partial charge in [-0.25, -0.2) is 4.98 Å². The normalized spacial score (nSPS) is 15.3. The molecule has 2 heterocycles. The summed E-state index contributed by atoms with van der Waals surface area (Å²) in [6, 6.07) is 6.50. The van der Waals surface area contributed by atoms with Crippen LogP contribution in [0.4, 0.5) is 11.4 Å². The molecule has 1 aliphatic rings. The Kier molecular flexibility index (Phi) is 6.94. The number of rotatable bonds is 8. The van der Waals surface area contributed by atoms with Gasteiger partial charge < -0.3 is 10.6 Å². The van der Waals surface area contributed by atoms with Crippen LogP contribution in [0.25, 0.3) is 0 Å². The van der Waals surface area contributed by atoms with E-state index < -0.39 is 4.92 Å². The van der Waals surface area contributed by atoms with Crippen LogP contribution >= 0.6 is 11.3 Å². The molecule has 3 rings (SSSR count). The number of piperidine rings is 1. The number of nitrogens with zero attached hydrogens (tertiary/aromatic N) is 3. The number of hydrogen-bond acceptors (Lipinski definition) is 7. The Morgan fingerprint density at radius 1 is 1.32 bits per heavy atom. The van der Waals surface area contributed by atoms with E-state index in [-0.39, 0.29) is 17.5 Å². The molecule has 0 bridgehead atoms. The molecule has 1 aliphatic heterocycles.